The number of carbonyl (C=O) groups excluding carboxylic acids is 1. The summed E-state index contributed by atoms with van der Waals surface area (Å²) >= 11 is 0. The molecule has 0 saturated carbocycles. The van der Waals surface area contributed by atoms with Crippen molar-refractivity contribution in [2.24, 2.45) is 5.73 Å². The summed E-state index contributed by atoms with van der Waals surface area (Å²) in [7, 11) is 0. The third-order valence-electron chi connectivity index (χ3n) is 3.30. The van der Waals surface area contributed by atoms with Crippen LogP contribution in [0.4, 0.5) is 74.6 Å². The third-order valence-corrected chi connectivity index (χ3v) is 3.30. The van der Waals surface area contributed by atoms with Gasteiger partial charge in [-0.25, -0.2) is 4.39 Å². The van der Waals surface area contributed by atoms with Crippen LogP contribution in [0.15, 0.2) is 0 Å². The van der Waals surface area contributed by atoms with Crippen molar-refractivity contribution >= 4 is 5.91 Å². The fraction of sp³-hybridized carbons (Fsp3) is 0.900. The minimum absolute atomic E-state index is 3.49. The van der Waals surface area contributed by atoms with Gasteiger partial charge in [-0.1, -0.05) is 0 Å². The molecule has 29 heavy (non-hydrogen) atoms. The average molecular weight is 477 g/mol. The molecule has 0 radical (unpaired) electrons. The summed E-state index contributed by atoms with van der Waals surface area (Å²) < 4.78 is 219. The highest BCUT2D eigenvalue weighted by molar-refractivity contribution is 5.83. The van der Waals surface area contributed by atoms with Crippen LogP contribution in [0.2, 0.25) is 0 Å². The average Bonchev–Trinajstić information content (AvgIpc) is 2.53. The van der Waals surface area contributed by atoms with Gasteiger partial charge in [0.15, 0.2) is 6.67 Å². The molecule has 0 aromatic carbocycles. The van der Waals surface area contributed by atoms with Crippen LogP contribution in [0, 0.1) is 0 Å². The minimum atomic E-state index is -8.66. The molecule has 0 aliphatic rings. The van der Waals surface area contributed by atoms with E-state index in [2.05, 4.69) is 5.73 Å². The summed E-state index contributed by atoms with van der Waals surface area (Å²) in [5.41, 5.74) is 3.49. The number of hydrogen-bond acceptors (Lipinski definition) is 1. The molecule has 174 valence electrons. The van der Waals surface area contributed by atoms with Gasteiger partial charge in [0.1, 0.15) is 0 Å². The molecule has 2 N–H and O–H groups in total. The number of rotatable bonds is 9. The molecule has 0 fully saturated rings. The number of nitrogens with two attached hydrogens (primary N) is 1. The topological polar surface area (TPSA) is 43.1 Å². The van der Waals surface area contributed by atoms with Crippen molar-refractivity contribution in [3.8, 4) is 0 Å². The van der Waals surface area contributed by atoms with Gasteiger partial charge in [0.2, 0.25) is 0 Å². The highest BCUT2D eigenvalue weighted by Crippen LogP contribution is 2.63. The molecule has 0 atom stereocenters. The highest BCUT2D eigenvalue weighted by Gasteiger charge is 2.95. The Hall–Kier alpha value is -1.72. The van der Waals surface area contributed by atoms with Crippen LogP contribution in [0.25, 0.3) is 0 Å². The number of alkyl halides is 17. The molecule has 0 aromatic heterocycles. The van der Waals surface area contributed by atoms with Gasteiger partial charge in [0.25, 0.3) is 5.91 Å². The fourth-order valence-corrected chi connectivity index (χ4v) is 1.45. The Morgan fingerprint density at radius 3 is 1.00 bits per heavy atom. The Kier molecular flexibility index (Phi) is 6.25. The maximum atomic E-state index is 13.2. The quantitative estimate of drug-likeness (QED) is 0.488. The van der Waals surface area contributed by atoms with Crippen molar-refractivity contribution in [2.45, 2.75) is 47.4 Å². The van der Waals surface area contributed by atoms with E-state index in [4.69, 9.17) is 0 Å². The Bertz CT molecular complexity index is 638. The van der Waals surface area contributed by atoms with Crippen molar-refractivity contribution < 1.29 is 79.4 Å². The van der Waals surface area contributed by atoms with Gasteiger partial charge in [0, 0.05) is 0 Å². The van der Waals surface area contributed by atoms with Crippen molar-refractivity contribution in [3.63, 3.8) is 0 Å². The maximum absolute atomic E-state index is 13.2. The summed E-state index contributed by atoms with van der Waals surface area (Å²) in [6, 6.07) is 0. The molecule has 0 heterocycles. The van der Waals surface area contributed by atoms with E-state index in [1.165, 1.54) is 0 Å². The monoisotopic (exact) mass is 477 g/mol. The van der Waals surface area contributed by atoms with E-state index in [1.54, 1.807) is 0 Å². The fourth-order valence-electron chi connectivity index (χ4n) is 1.45. The first kappa shape index (κ1) is 27.3. The molecule has 2 nitrogen and oxygen atoms in total. The highest BCUT2D eigenvalue weighted by atomic mass is 19.4. The van der Waals surface area contributed by atoms with Crippen LogP contribution >= 0.6 is 0 Å². The molecular weight excluding hydrogens is 473 g/mol. The Morgan fingerprint density at radius 1 is 0.517 bits per heavy atom. The van der Waals surface area contributed by atoms with Crippen LogP contribution in [-0.2, 0) is 4.79 Å². The molecule has 0 saturated heterocycles. The second-order valence-corrected chi connectivity index (χ2v) is 5.22. The Balaban J connectivity index is 6.80. The van der Waals surface area contributed by atoms with Gasteiger partial charge >= 0.3 is 47.4 Å². The predicted octanol–water partition coefficient (Wildman–Crippen LogP) is 4.52. The lowest BCUT2D eigenvalue weighted by atomic mass is 9.87. The van der Waals surface area contributed by atoms with E-state index in [1.807, 2.05) is 0 Å². The van der Waals surface area contributed by atoms with Crippen molar-refractivity contribution in [1.29, 1.82) is 0 Å². The minimum Gasteiger partial charge on any atom is -0.364 e. The second kappa shape index (κ2) is 6.64. The smallest absolute Gasteiger partial charge is 0.364 e. The molecule has 1 amide bonds. The summed E-state index contributed by atoms with van der Waals surface area (Å²) in [5.74, 6) is -68.2. The standard InChI is InChI=1S/C10H4F17NO/c11-1-3(12,13)5(16,17)7(20,21)9(24,25)10(26,27)8(22,23)6(18,19)4(14,15)2(28)29/h1H2,(H2,28,29). The summed E-state index contributed by atoms with van der Waals surface area (Å²) in [5, 5.41) is 0. The van der Waals surface area contributed by atoms with Crippen molar-refractivity contribution in [2.75, 3.05) is 6.67 Å². The summed E-state index contributed by atoms with van der Waals surface area (Å²) in [6.45, 7) is -3.95. The largest absolute Gasteiger partial charge is 0.392 e. The molecule has 0 aromatic rings. The van der Waals surface area contributed by atoms with E-state index < -0.39 is 60.0 Å². The lowest BCUT2D eigenvalue weighted by molar-refractivity contribution is -0.450. The molecule has 0 rings (SSSR count). The first-order valence-corrected chi connectivity index (χ1v) is 6.14. The normalized spacial score (nSPS) is 16.2. The molecular formula is C10H4F17NO. The Morgan fingerprint density at radius 2 is 0.759 bits per heavy atom. The van der Waals surface area contributed by atoms with Gasteiger partial charge in [-0.15, -0.1) is 0 Å². The molecule has 0 aliphatic heterocycles. The van der Waals surface area contributed by atoms with E-state index in [0.29, 0.717) is 0 Å². The number of primary amides is 1. The van der Waals surface area contributed by atoms with Crippen LogP contribution < -0.4 is 5.73 Å². The van der Waals surface area contributed by atoms with E-state index in [9.17, 15) is 79.4 Å². The molecule has 0 spiro atoms. The zero-order chi connectivity index (χ0) is 24.3. The number of carbonyl (C=O) groups is 1. The zero-order valence-corrected chi connectivity index (χ0v) is 12.6. The third kappa shape index (κ3) is 3.14. The zero-order valence-electron chi connectivity index (χ0n) is 12.6. The van der Waals surface area contributed by atoms with Crippen LogP contribution in [0.1, 0.15) is 0 Å². The van der Waals surface area contributed by atoms with Crippen LogP contribution in [0.5, 0.6) is 0 Å². The molecule has 19 heteroatoms. The first-order chi connectivity index (χ1) is 12.3. The molecule has 0 unspecified atom stereocenters. The predicted molar refractivity (Wildman–Crippen MR) is 54.7 cm³/mol. The lowest BCUT2D eigenvalue weighted by Crippen LogP contribution is -2.75. The number of hydrogen-bond donors (Lipinski definition) is 1. The van der Waals surface area contributed by atoms with E-state index >= 15 is 0 Å². The number of halogens is 17. The lowest BCUT2D eigenvalue weighted by Gasteiger charge is -2.43. The van der Waals surface area contributed by atoms with Crippen LogP contribution in [-0.4, -0.2) is 60.0 Å². The van der Waals surface area contributed by atoms with E-state index in [0.717, 1.165) is 0 Å². The van der Waals surface area contributed by atoms with Crippen LogP contribution in [0.3, 0.4) is 0 Å². The summed E-state index contributed by atoms with van der Waals surface area (Å²) in [6.07, 6.45) is 0. The van der Waals surface area contributed by atoms with E-state index in [-0.39, 0.29) is 0 Å². The molecule has 0 bridgehead atoms. The van der Waals surface area contributed by atoms with Gasteiger partial charge in [0.05, 0.1) is 0 Å². The van der Waals surface area contributed by atoms with Crippen molar-refractivity contribution in [1.82, 2.24) is 0 Å². The number of amides is 1. The second-order valence-electron chi connectivity index (χ2n) is 5.22. The first-order valence-electron chi connectivity index (χ1n) is 6.14. The van der Waals surface area contributed by atoms with Crippen molar-refractivity contribution in [3.05, 3.63) is 0 Å². The maximum Gasteiger partial charge on any atom is 0.392 e. The van der Waals surface area contributed by atoms with Gasteiger partial charge < -0.3 is 5.73 Å². The Labute approximate surface area is 146 Å². The summed E-state index contributed by atoms with van der Waals surface area (Å²) in [4.78, 5) is 10.0. The SMILES string of the molecule is NC(=O)C(F)(F)C(F)(F)C(F)(F)C(F)(F)C(F)(F)C(F)(F)C(F)(F)C(F)(F)CF. The van der Waals surface area contributed by atoms with Gasteiger partial charge in [-0.3, -0.25) is 4.79 Å². The van der Waals surface area contributed by atoms with Gasteiger partial charge in [-0.2, -0.15) is 70.2 Å². The molecule has 0 aliphatic carbocycles. The van der Waals surface area contributed by atoms with Gasteiger partial charge in [-0.05, 0) is 0 Å².